The van der Waals surface area contributed by atoms with Crippen LogP contribution in [0.5, 0.6) is 0 Å². The predicted molar refractivity (Wildman–Crippen MR) is 62.0 cm³/mol. The van der Waals surface area contributed by atoms with E-state index in [0.29, 0.717) is 19.7 Å². The Balaban J connectivity index is 2.52. The van der Waals surface area contributed by atoms with Gasteiger partial charge in [0.2, 0.25) is 0 Å². The molecule has 0 aliphatic carbocycles. The number of rotatable bonds is 8. The van der Waals surface area contributed by atoms with E-state index in [9.17, 15) is 0 Å². The van der Waals surface area contributed by atoms with Crippen molar-refractivity contribution in [2.24, 2.45) is 5.84 Å². The van der Waals surface area contributed by atoms with Crippen molar-refractivity contribution < 1.29 is 9.84 Å². The van der Waals surface area contributed by atoms with Gasteiger partial charge in [0.1, 0.15) is 10.7 Å². The number of aliphatic hydroxyl groups excluding tert-OH is 1. The third-order valence-corrected chi connectivity index (χ3v) is 2.79. The number of hydrogen-bond acceptors (Lipinski definition) is 8. The molecule has 0 atom stereocenters. The maximum absolute atomic E-state index is 8.93. The Morgan fingerprint density at radius 2 is 2.38 bits per heavy atom. The minimum atomic E-state index is 0.104. The molecule has 7 nitrogen and oxygen atoms in total. The number of hydrazine groups is 1. The second-order valence-electron chi connectivity index (χ2n) is 3.19. The van der Waals surface area contributed by atoms with Gasteiger partial charge in [-0.15, -0.1) is 5.10 Å². The molecule has 0 amide bonds. The van der Waals surface area contributed by atoms with Crippen molar-refractivity contribution in [2.75, 3.05) is 38.8 Å². The molecular weight excluding hydrogens is 230 g/mol. The van der Waals surface area contributed by atoms with Crippen molar-refractivity contribution in [3.8, 4) is 0 Å². The van der Waals surface area contributed by atoms with Gasteiger partial charge in [0.05, 0.1) is 13.2 Å². The molecule has 0 unspecified atom stereocenters. The van der Waals surface area contributed by atoms with Crippen LogP contribution in [0.25, 0.3) is 0 Å². The van der Waals surface area contributed by atoms with Gasteiger partial charge in [-0.2, -0.15) is 0 Å². The van der Waals surface area contributed by atoms with Gasteiger partial charge < -0.3 is 15.3 Å². The Bertz CT molecular complexity index is 296. The normalized spacial score (nSPS) is 11.0. The number of nitrogens with two attached hydrogens (primary N) is 1. The minimum Gasteiger partial charge on any atom is -0.395 e. The molecule has 0 spiro atoms. The fourth-order valence-corrected chi connectivity index (χ4v) is 1.75. The second kappa shape index (κ2) is 7.47. The van der Waals surface area contributed by atoms with Crippen LogP contribution in [0.15, 0.2) is 0 Å². The molecule has 8 heteroatoms. The van der Waals surface area contributed by atoms with E-state index in [2.05, 4.69) is 15.0 Å². The fraction of sp³-hybridized carbons (Fsp3) is 0.750. The summed E-state index contributed by atoms with van der Waals surface area (Å²) in [6.07, 6.45) is 0. The maximum Gasteiger partial charge on any atom is 0.148 e. The van der Waals surface area contributed by atoms with Gasteiger partial charge in [-0.3, -0.25) is 4.90 Å². The highest BCUT2D eigenvalue weighted by Crippen LogP contribution is 2.17. The highest BCUT2D eigenvalue weighted by atomic mass is 32.1. The first kappa shape index (κ1) is 13.3. The van der Waals surface area contributed by atoms with Gasteiger partial charge in [-0.05, 0) is 0 Å². The molecule has 0 aliphatic heterocycles. The lowest BCUT2D eigenvalue weighted by molar-refractivity contribution is 0.126. The standard InChI is InChI=1S/C8H17N5O2S/c1-15-5-3-13(2-4-14)6-7-8(10-9)16-12-11-7/h10,14H,2-6,9H2,1H3. The van der Waals surface area contributed by atoms with Crippen LogP contribution < -0.4 is 11.3 Å². The lowest BCUT2D eigenvalue weighted by Crippen LogP contribution is -2.30. The van der Waals surface area contributed by atoms with E-state index in [4.69, 9.17) is 15.7 Å². The SMILES string of the molecule is COCCN(CCO)Cc1nnsc1NN. The first-order valence-corrected chi connectivity index (χ1v) is 5.69. The summed E-state index contributed by atoms with van der Waals surface area (Å²) in [4.78, 5) is 2.03. The quantitative estimate of drug-likeness (QED) is 0.411. The van der Waals surface area contributed by atoms with Crippen LogP contribution in [0.1, 0.15) is 5.69 Å². The van der Waals surface area contributed by atoms with Gasteiger partial charge >= 0.3 is 0 Å². The molecule has 0 aliphatic rings. The molecule has 1 aromatic heterocycles. The lowest BCUT2D eigenvalue weighted by Gasteiger charge is -2.19. The van der Waals surface area contributed by atoms with Gasteiger partial charge in [-0.1, -0.05) is 4.49 Å². The molecule has 1 aromatic rings. The Kier molecular flexibility index (Phi) is 6.19. The van der Waals surface area contributed by atoms with E-state index in [1.54, 1.807) is 7.11 Å². The molecule has 1 heterocycles. The molecule has 4 N–H and O–H groups in total. The van der Waals surface area contributed by atoms with E-state index >= 15 is 0 Å². The smallest absolute Gasteiger partial charge is 0.148 e. The summed E-state index contributed by atoms with van der Waals surface area (Å²) >= 11 is 1.22. The first-order valence-electron chi connectivity index (χ1n) is 4.91. The monoisotopic (exact) mass is 247 g/mol. The van der Waals surface area contributed by atoms with Crippen LogP contribution in [-0.4, -0.2) is 53.0 Å². The maximum atomic E-state index is 8.93. The molecule has 16 heavy (non-hydrogen) atoms. The molecule has 0 saturated carbocycles. The van der Waals surface area contributed by atoms with Crippen LogP contribution in [0.3, 0.4) is 0 Å². The minimum absolute atomic E-state index is 0.104. The molecule has 0 radical (unpaired) electrons. The summed E-state index contributed by atoms with van der Waals surface area (Å²) in [6.45, 7) is 2.62. The zero-order valence-corrected chi connectivity index (χ0v) is 10.0. The number of methoxy groups -OCH3 is 1. The van der Waals surface area contributed by atoms with Crippen LogP contribution in [0.2, 0.25) is 0 Å². The summed E-state index contributed by atoms with van der Waals surface area (Å²) < 4.78 is 8.81. The van der Waals surface area contributed by atoms with Crippen molar-refractivity contribution in [3.63, 3.8) is 0 Å². The lowest BCUT2D eigenvalue weighted by atomic mass is 10.4. The van der Waals surface area contributed by atoms with Gasteiger partial charge in [0.15, 0.2) is 0 Å². The summed E-state index contributed by atoms with van der Waals surface area (Å²) in [5, 5.41) is 13.7. The van der Waals surface area contributed by atoms with Crippen LogP contribution in [0.4, 0.5) is 5.00 Å². The summed E-state index contributed by atoms with van der Waals surface area (Å²) in [7, 11) is 1.65. The Morgan fingerprint density at radius 1 is 1.56 bits per heavy atom. The van der Waals surface area contributed by atoms with E-state index in [1.807, 2.05) is 4.90 Å². The van der Waals surface area contributed by atoms with Crippen molar-refractivity contribution >= 4 is 16.5 Å². The summed E-state index contributed by atoms with van der Waals surface area (Å²) in [6, 6.07) is 0. The second-order valence-corrected chi connectivity index (χ2v) is 3.94. The predicted octanol–water partition coefficient (Wildman–Crippen LogP) is -0.736. The van der Waals surface area contributed by atoms with Gasteiger partial charge in [0, 0.05) is 38.3 Å². The van der Waals surface area contributed by atoms with Crippen LogP contribution in [-0.2, 0) is 11.3 Å². The van der Waals surface area contributed by atoms with Crippen LogP contribution in [0, 0.1) is 0 Å². The molecule has 0 aromatic carbocycles. The summed E-state index contributed by atoms with van der Waals surface area (Å²) in [5.41, 5.74) is 3.34. The largest absolute Gasteiger partial charge is 0.395 e. The third-order valence-electron chi connectivity index (χ3n) is 2.09. The number of aliphatic hydroxyl groups is 1. The molecule has 1 rings (SSSR count). The Hall–Kier alpha value is -0.800. The highest BCUT2D eigenvalue weighted by Gasteiger charge is 2.11. The zero-order valence-electron chi connectivity index (χ0n) is 9.22. The van der Waals surface area contributed by atoms with Crippen molar-refractivity contribution in [2.45, 2.75) is 6.54 Å². The Labute approximate surface area is 98.3 Å². The van der Waals surface area contributed by atoms with E-state index in [-0.39, 0.29) is 6.61 Å². The Morgan fingerprint density at radius 3 is 3.00 bits per heavy atom. The van der Waals surface area contributed by atoms with Crippen LogP contribution >= 0.6 is 11.5 Å². The molecular formula is C8H17N5O2S. The first-order chi connectivity index (χ1) is 7.81. The van der Waals surface area contributed by atoms with Crippen molar-refractivity contribution in [3.05, 3.63) is 5.69 Å². The fourth-order valence-electron chi connectivity index (χ4n) is 1.27. The average Bonchev–Trinajstić information content (AvgIpc) is 2.73. The molecule has 0 fully saturated rings. The van der Waals surface area contributed by atoms with Crippen molar-refractivity contribution in [1.29, 1.82) is 0 Å². The van der Waals surface area contributed by atoms with E-state index < -0.39 is 0 Å². The molecule has 0 saturated heterocycles. The average molecular weight is 247 g/mol. The van der Waals surface area contributed by atoms with Gasteiger partial charge in [0.25, 0.3) is 0 Å². The molecule has 92 valence electrons. The highest BCUT2D eigenvalue weighted by molar-refractivity contribution is 7.10. The van der Waals surface area contributed by atoms with E-state index in [1.165, 1.54) is 11.5 Å². The third kappa shape index (κ3) is 3.99. The molecule has 0 bridgehead atoms. The van der Waals surface area contributed by atoms with Gasteiger partial charge in [-0.25, -0.2) is 5.84 Å². The number of aromatic nitrogens is 2. The zero-order chi connectivity index (χ0) is 11.8. The van der Waals surface area contributed by atoms with E-state index in [0.717, 1.165) is 17.2 Å². The number of ether oxygens (including phenoxy) is 1. The number of hydrogen-bond donors (Lipinski definition) is 3. The number of nitrogens with one attached hydrogen (secondary N) is 1. The number of anilines is 1. The number of nitrogen functional groups attached to an aromatic ring is 1. The topological polar surface area (TPSA) is 96.5 Å². The summed E-state index contributed by atoms with van der Waals surface area (Å²) in [5.74, 6) is 5.33. The number of nitrogens with zero attached hydrogens (tertiary/aromatic N) is 3. The van der Waals surface area contributed by atoms with Crippen molar-refractivity contribution in [1.82, 2.24) is 14.5 Å².